The quantitative estimate of drug-likeness (QED) is 0.203. The van der Waals surface area contributed by atoms with Crippen LogP contribution in [0.1, 0.15) is 68.3 Å². The van der Waals surface area contributed by atoms with Crippen molar-refractivity contribution in [2.45, 2.75) is 64.8 Å². The molecule has 0 bridgehead atoms. The lowest BCUT2D eigenvalue weighted by atomic mass is 9.80. The highest BCUT2D eigenvalue weighted by molar-refractivity contribution is 6.01. The first-order valence-corrected chi connectivity index (χ1v) is 12.3. The van der Waals surface area contributed by atoms with Gasteiger partial charge in [0, 0.05) is 36.4 Å². The van der Waals surface area contributed by atoms with Gasteiger partial charge in [0.1, 0.15) is 18.7 Å². The van der Waals surface area contributed by atoms with Gasteiger partial charge in [-0.3, -0.25) is 19.1 Å². The second-order valence-electron chi connectivity index (χ2n) is 9.60. The number of rotatable bonds is 7. The SMILES string of the molecule is C/C=C(\c1c[nH]c(CF)c1)C(N)NC(=NC1CCNCC1(C)C)c1ccncc1C1CC1.C=N.CF.F. The molecule has 10 heteroatoms. The van der Waals surface area contributed by atoms with Crippen molar-refractivity contribution in [2.24, 2.45) is 16.1 Å². The van der Waals surface area contributed by atoms with E-state index in [1.54, 1.807) is 6.20 Å². The summed E-state index contributed by atoms with van der Waals surface area (Å²) in [6.45, 7) is 10.3. The number of hydrogen-bond acceptors (Lipinski definition) is 5. The van der Waals surface area contributed by atoms with E-state index in [1.807, 2.05) is 37.5 Å². The van der Waals surface area contributed by atoms with E-state index in [-0.39, 0.29) is 16.2 Å². The topological polar surface area (TPSA) is 115 Å². The molecule has 0 aromatic carbocycles. The van der Waals surface area contributed by atoms with Gasteiger partial charge in [-0.2, -0.15) is 0 Å². The van der Waals surface area contributed by atoms with Gasteiger partial charge in [0.15, 0.2) is 0 Å². The Labute approximate surface area is 218 Å². The minimum Gasteiger partial charge on any atom is -0.362 e. The largest absolute Gasteiger partial charge is 0.362 e. The lowest BCUT2D eigenvalue weighted by Gasteiger charge is -2.37. The standard InChI is InChI=1S/C25H35FN6.CH3F.CH3N.FH/c1-4-19(17-11-18(12-26)30-13-17)23(27)32-24(31-22-8-10-29-15-25(22,2)3)20-7-9-28-14-21(20)16-5-6-16;2*1-2;/h4,7,9,11,13-14,16,22-23,29-30H,5-6,8,10,12,15,27H2,1-3H3,(H,31,32);1H3;2H,1H2;1H/b19-4+;;;. The number of hydrogen-bond donors (Lipinski definition) is 5. The van der Waals surface area contributed by atoms with Gasteiger partial charge in [0.25, 0.3) is 0 Å². The van der Waals surface area contributed by atoms with Gasteiger partial charge < -0.3 is 26.8 Å². The van der Waals surface area contributed by atoms with Crippen LogP contribution in [-0.4, -0.2) is 55.0 Å². The van der Waals surface area contributed by atoms with Gasteiger partial charge in [-0.25, -0.2) is 4.39 Å². The van der Waals surface area contributed by atoms with E-state index in [0.29, 0.717) is 18.8 Å². The molecule has 4 rings (SSSR count). The van der Waals surface area contributed by atoms with Crippen molar-refractivity contribution >= 4 is 18.1 Å². The lowest BCUT2D eigenvalue weighted by Crippen LogP contribution is -2.48. The normalized spacial score (nSPS) is 19.8. The van der Waals surface area contributed by atoms with Crippen molar-refractivity contribution in [3.05, 3.63) is 59.2 Å². The maximum Gasteiger partial charge on any atom is 0.130 e. The Morgan fingerprint density at radius 3 is 2.62 bits per heavy atom. The third kappa shape index (κ3) is 8.26. The van der Waals surface area contributed by atoms with E-state index in [2.05, 4.69) is 41.2 Å². The van der Waals surface area contributed by atoms with E-state index >= 15 is 0 Å². The molecular weight excluding hydrogens is 479 g/mol. The maximum absolute atomic E-state index is 13.1. The van der Waals surface area contributed by atoms with Gasteiger partial charge >= 0.3 is 0 Å². The summed E-state index contributed by atoms with van der Waals surface area (Å²) in [4.78, 5) is 12.6. The molecule has 3 heterocycles. The number of amidine groups is 1. The Morgan fingerprint density at radius 2 is 2.05 bits per heavy atom. The Morgan fingerprint density at radius 1 is 1.35 bits per heavy atom. The summed E-state index contributed by atoms with van der Waals surface area (Å²) >= 11 is 0. The summed E-state index contributed by atoms with van der Waals surface area (Å²) in [5.74, 6) is 1.36. The molecule has 1 aliphatic heterocycles. The number of aromatic amines is 1. The molecule has 1 saturated carbocycles. The lowest BCUT2D eigenvalue weighted by molar-refractivity contribution is 0.223. The highest BCUT2D eigenvalue weighted by Crippen LogP contribution is 2.41. The van der Waals surface area contributed by atoms with Crippen LogP contribution in [0, 0.1) is 10.8 Å². The number of aromatic nitrogens is 2. The molecule has 7 nitrogen and oxygen atoms in total. The number of piperidine rings is 1. The number of allylic oxidation sites excluding steroid dienone is 1. The third-order valence-electron chi connectivity index (χ3n) is 6.64. The van der Waals surface area contributed by atoms with Crippen LogP contribution in [0.15, 0.2) is 41.8 Å². The van der Waals surface area contributed by atoms with Crippen molar-refractivity contribution in [2.75, 3.05) is 20.3 Å². The molecule has 2 atom stereocenters. The second-order valence-corrected chi connectivity index (χ2v) is 9.60. The number of pyridine rings is 1. The number of nitrogens with one attached hydrogen (secondary N) is 4. The van der Waals surface area contributed by atoms with E-state index in [1.165, 1.54) is 18.4 Å². The number of H-pyrrole nitrogens is 1. The molecule has 37 heavy (non-hydrogen) atoms. The number of nitrogens with two attached hydrogens (primary N) is 1. The van der Waals surface area contributed by atoms with Crippen molar-refractivity contribution in [1.29, 1.82) is 5.41 Å². The van der Waals surface area contributed by atoms with Crippen LogP contribution in [0.5, 0.6) is 0 Å². The Balaban J connectivity index is 0.00000131. The molecule has 2 aliphatic rings. The van der Waals surface area contributed by atoms with Crippen molar-refractivity contribution < 1.29 is 13.5 Å². The van der Waals surface area contributed by atoms with E-state index in [0.717, 1.165) is 42.0 Å². The molecule has 1 saturated heterocycles. The summed E-state index contributed by atoms with van der Waals surface area (Å²) < 4.78 is 22.6. The molecule has 206 valence electrons. The Kier molecular flexibility index (Phi) is 13.3. The number of nitrogens with zero attached hydrogens (tertiary/aromatic N) is 2. The molecule has 0 amide bonds. The number of aliphatic imine (C=N–C) groups is 1. The average molecular weight is 522 g/mol. The summed E-state index contributed by atoms with van der Waals surface area (Å²) in [6, 6.07) is 4.04. The first-order valence-electron chi connectivity index (χ1n) is 12.3. The number of alkyl halides is 2. The molecule has 2 aromatic heterocycles. The molecule has 1 aliphatic carbocycles. The minimum atomic E-state index is -0.529. The van der Waals surface area contributed by atoms with Gasteiger partial charge in [0.2, 0.25) is 0 Å². The van der Waals surface area contributed by atoms with Gasteiger partial charge in [-0.1, -0.05) is 19.9 Å². The van der Waals surface area contributed by atoms with Gasteiger partial charge in [-0.15, -0.1) is 0 Å². The zero-order valence-corrected chi connectivity index (χ0v) is 22.3. The summed E-state index contributed by atoms with van der Waals surface area (Å²) in [5, 5.41) is 12.5. The van der Waals surface area contributed by atoms with Crippen LogP contribution in [0.3, 0.4) is 0 Å². The summed E-state index contributed by atoms with van der Waals surface area (Å²) in [6.07, 6.45) is 10.5. The first-order chi connectivity index (χ1) is 17.4. The fourth-order valence-corrected chi connectivity index (χ4v) is 4.52. The van der Waals surface area contributed by atoms with Crippen molar-refractivity contribution in [3.63, 3.8) is 0 Å². The minimum absolute atomic E-state index is 0. The van der Waals surface area contributed by atoms with Crippen molar-refractivity contribution in [3.8, 4) is 0 Å². The predicted octanol–water partition coefficient (Wildman–Crippen LogP) is 4.87. The fraction of sp³-hybridized carbons (Fsp3) is 0.519. The summed E-state index contributed by atoms with van der Waals surface area (Å²) in [7, 11) is 0.500. The second kappa shape index (κ2) is 15.3. The highest BCUT2D eigenvalue weighted by atomic mass is 19.1. The van der Waals surface area contributed by atoms with Crippen LogP contribution < -0.4 is 16.4 Å². The van der Waals surface area contributed by atoms with Crippen molar-refractivity contribution in [1.82, 2.24) is 20.6 Å². The van der Waals surface area contributed by atoms with E-state index < -0.39 is 12.8 Å². The molecule has 2 unspecified atom stereocenters. The molecular formula is C27H42F3N7. The van der Waals surface area contributed by atoms with Crippen LogP contribution in [0.2, 0.25) is 0 Å². The third-order valence-corrected chi connectivity index (χ3v) is 6.64. The maximum atomic E-state index is 13.1. The zero-order valence-electron chi connectivity index (χ0n) is 22.3. The molecule has 2 aromatic rings. The summed E-state index contributed by atoms with van der Waals surface area (Å²) in [5.41, 5.74) is 11.4. The average Bonchev–Trinajstić information content (AvgIpc) is 3.65. The zero-order chi connectivity index (χ0) is 26.7. The molecule has 0 spiro atoms. The highest BCUT2D eigenvalue weighted by Gasteiger charge is 2.34. The fourth-order valence-electron chi connectivity index (χ4n) is 4.52. The van der Waals surface area contributed by atoms with Crippen LogP contribution in [0.4, 0.5) is 13.5 Å². The van der Waals surface area contributed by atoms with Crippen LogP contribution in [-0.2, 0) is 6.67 Å². The monoisotopic (exact) mass is 521 g/mol. The number of halogens is 3. The van der Waals surface area contributed by atoms with Gasteiger partial charge in [-0.05, 0) is 79.6 Å². The molecule has 6 N–H and O–H groups in total. The Hall–Kier alpha value is -2.98. The van der Waals surface area contributed by atoms with E-state index in [4.69, 9.17) is 16.1 Å². The molecule has 2 fully saturated rings. The van der Waals surface area contributed by atoms with E-state index in [9.17, 15) is 8.78 Å². The molecule has 0 radical (unpaired) electrons. The van der Waals surface area contributed by atoms with Crippen LogP contribution >= 0.6 is 0 Å². The Bertz CT molecular complexity index is 1010. The van der Waals surface area contributed by atoms with Crippen LogP contribution in [0.25, 0.3) is 5.57 Å². The smallest absolute Gasteiger partial charge is 0.130 e. The van der Waals surface area contributed by atoms with Gasteiger partial charge in [0.05, 0.1) is 13.2 Å². The predicted molar refractivity (Wildman–Crippen MR) is 148 cm³/mol. The first kappa shape index (κ1) is 32.0.